The first-order valence-corrected chi connectivity index (χ1v) is 11.9. The Hall–Kier alpha value is -2.65. The fraction of sp³-hybridized carbons (Fsp3) is 0.364. The summed E-state index contributed by atoms with van der Waals surface area (Å²) in [6.45, 7) is 1.96. The fourth-order valence-electron chi connectivity index (χ4n) is 4.11. The molecule has 1 aliphatic carbocycles. The molecule has 0 bridgehead atoms. The van der Waals surface area contributed by atoms with E-state index < -0.39 is 0 Å². The predicted molar refractivity (Wildman–Crippen MR) is 122 cm³/mol. The molecule has 0 spiro atoms. The number of methoxy groups -OCH3 is 2. The number of hydrogen-bond acceptors (Lipinski definition) is 8. The van der Waals surface area contributed by atoms with Gasteiger partial charge in [-0.1, -0.05) is 11.8 Å². The monoisotopic (exact) mass is 454 g/mol. The molecule has 0 saturated heterocycles. The summed E-state index contributed by atoms with van der Waals surface area (Å²) in [7, 11) is 3.13. The lowest BCUT2D eigenvalue weighted by Gasteiger charge is -2.10. The molecule has 0 saturated carbocycles. The first-order valence-electron chi connectivity index (χ1n) is 10.1. The van der Waals surface area contributed by atoms with E-state index in [1.807, 2.05) is 11.3 Å². The molecule has 0 aliphatic heterocycles. The highest BCUT2D eigenvalue weighted by atomic mass is 32.2. The summed E-state index contributed by atoms with van der Waals surface area (Å²) in [6, 6.07) is 5.22. The van der Waals surface area contributed by atoms with Crippen LogP contribution in [-0.2, 0) is 12.8 Å². The second-order valence-corrected chi connectivity index (χ2v) is 9.50. The quantitative estimate of drug-likeness (QED) is 0.313. The first-order chi connectivity index (χ1) is 15.1. The fourth-order valence-corrected chi connectivity index (χ4v) is 6.28. The molecule has 0 atom stereocenters. The molecule has 0 amide bonds. The van der Waals surface area contributed by atoms with Gasteiger partial charge in [-0.2, -0.15) is 0 Å². The molecule has 0 unspecified atom stereocenters. The van der Waals surface area contributed by atoms with Crippen molar-refractivity contribution in [2.24, 2.45) is 0 Å². The molecule has 0 radical (unpaired) electrons. The Labute approximate surface area is 187 Å². The third-order valence-electron chi connectivity index (χ3n) is 5.64. The van der Waals surface area contributed by atoms with E-state index in [-0.39, 0.29) is 11.5 Å². The van der Waals surface area contributed by atoms with E-state index in [0.717, 1.165) is 34.5 Å². The van der Waals surface area contributed by atoms with Crippen molar-refractivity contribution in [3.05, 3.63) is 40.0 Å². The van der Waals surface area contributed by atoms with Crippen LogP contribution in [0.25, 0.3) is 15.9 Å². The standard InChI is InChI=1S/C22H22N4O3S2/c1-12-23-21-19(14-6-4-5-7-18(14)31-21)20-24-25-22(26(12)20)30-11-16(27)15-10-13(28-2)8-9-17(15)29-3/h8-10H,4-7,11H2,1-3H3. The van der Waals surface area contributed by atoms with Crippen molar-refractivity contribution in [3.63, 3.8) is 0 Å². The molecule has 31 heavy (non-hydrogen) atoms. The summed E-state index contributed by atoms with van der Waals surface area (Å²) in [5.74, 6) is 2.13. The van der Waals surface area contributed by atoms with Gasteiger partial charge in [0.25, 0.3) is 0 Å². The average Bonchev–Trinajstić information content (AvgIpc) is 3.38. The van der Waals surface area contributed by atoms with E-state index in [9.17, 15) is 4.79 Å². The average molecular weight is 455 g/mol. The number of benzene rings is 1. The number of carbonyl (C=O) groups is 1. The van der Waals surface area contributed by atoms with Gasteiger partial charge in [0.2, 0.25) is 0 Å². The number of thioether (sulfide) groups is 1. The number of aromatic nitrogens is 4. The number of rotatable bonds is 6. The van der Waals surface area contributed by atoms with Crippen LogP contribution in [0.2, 0.25) is 0 Å². The number of fused-ring (bicyclic) bond motifs is 5. The van der Waals surface area contributed by atoms with Gasteiger partial charge in [0.15, 0.2) is 16.6 Å². The van der Waals surface area contributed by atoms with Crippen molar-refractivity contribution in [2.75, 3.05) is 20.0 Å². The molecule has 160 valence electrons. The van der Waals surface area contributed by atoms with Crippen LogP contribution in [0.1, 0.15) is 39.5 Å². The number of Topliss-reactive ketones (excluding diaryl/α,β-unsaturated/α-hetero) is 1. The molecule has 4 aromatic rings. The Morgan fingerprint density at radius 2 is 2.03 bits per heavy atom. The van der Waals surface area contributed by atoms with E-state index in [0.29, 0.717) is 22.2 Å². The summed E-state index contributed by atoms with van der Waals surface area (Å²) in [5.41, 5.74) is 2.72. The molecular weight excluding hydrogens is 432 g/mol. The molecule has 3 heterocycles. The van der Waals surface area contributed by atoms with Gasteiger partial charge >= 0.3 is 0 Å². The van der Waals surface area contributed by atoms with E-state index in [1.165, 1.54) is 35.0 Å². The largest absolute Gasteiger partial charge is 0.497 e. The SMILES string of the molecule is COc1ccc(OC)c(C(=O)CSc2nnc3c4c5c(sc4nc(C)n23)CCCC5)c1. The minimum atomic E-state index is -0.0582. The highest BCUT2D eigenvalue weighted by molar-refractivity contribution is 7.99. The zero-order valence-corrected chi connectivity index (χ0v) is 19.2. The van der Waals surface area contributed by atoms with Gasteiger partial charge in [-0.3, -0.25) is 9.20 Å². The molecule has 5 rings (SSSR count). The predicted octanol–water partition coefficient (Wildman–Crippen LogP) is 4.52. The number of nitrogens with zero attached hydrogens (tertiary/aromatic N) is 4. The van der Waals surface area contributed by atoms with E-state index in [1.54, 1.807) is 43.8 Å². The van der Waals surface area contributed by atoms with Crippen LogP contribution < -0.4 is 9.47 Å². The first kappa shape index (κ1) is 20.3. The maximum Gasteiger partial charge on any atom is 0.197 e. The third kappa shape index (κ3) is 3.45. The molecule has 7 nitrogen and oxygen atoms in total. The Bertz CT molecular complexity index is 1310. The van der Waals surface area contributed by atoms with E-state index in [2.05, 4.69) is 10.2 Å². The molecular formula is C22H22N4O3S2. The number of aryl methyl sites for hydroxylation is 3. The zero-order chi connectivity index (χ0) is 21.5. The van der Waals surface area contributed by atoms with E-state index in [4.69, 9.17) is 14.5 Å². The number of thiophene rings is 1. The van der Waals surface area contributed by atoms with Crippen molar-refractivity contribution >= 4 is 44.7 Å². The van der Waals surface area contributed by atoms with Crippen LogP contribution in [0.15, 0.2) is 23.4 Å². The van der Waals surface area contributed by atoms with Crippen LogP contribution >= 0.6 is 23.1 Å². The zero-order valence-electron chi connectivity index (χ0n) is 17.6. The lowest BCUT2D eigenvalue weighted by molar-refractivity contribution is 0.101. The number of hydrogen-bond donors (Lipinski definition) is 0. The summed E-state index contributed by atoms with van der Waals surface area (Å²) in [4.78, 5) is 20.3. The van der Waals surface area contributed by atoms with Gasteiger partial charge in [0.05, 0.1) is 30.9 Å². The summed E-state index contributed by atoms with van der Waals surface area (Å²) < 4.78 is 12.6. The Morgan fingerprint density at radius 1 is 1.19 bits per heavy atom. The summed E-state index contributed by atoms with van der Waals surface area (Å²) in [5, 5.41) is 10.7. The number of ketones is 1. The maximum absolute atomic E-state index is 12.9. The van der Waals surface area contributed by atoms with E-state index >= 15 is 0 Å². The van der Waals surface area contributed by atoms with Crippen molar-refractivity contribution in [1.82, 2.24) is 19.6 Å². The van der Waals surface area contributed by atoms with Gasteiger partial charge < -0.3 is 9.47 Å². The normalized spacial score (nSPS) is 13.5. The number of ether oxygens (including phenoxy) is 2. The summed E-state index contributed by atoms with van der Waals surface area (Å²) >= 11 is 3.14. The van der Waals surface area contributed by atoms with Gasteiger partial charge in [0.1, 0.15) is 22.2 Å². The van der Waals surface area contributed by atoms with Gasteiger partial charge in [0, 0.05) is 4.88 Å². The van der Waals surface area contributed by atoms with Gasteiger partial charge in [-0.15, -0.1) is 21.5 Å². The maximum atomic E-state index is 12.9. The molecule has 0 fully saturated rings. The van der Waals surface area contributed by atoms with Crippen molar-refractivity contribution in [1.29, 1.82) is 0 Å². The van der Waals surface area contributed by atoms with Crippen LogP contribution in [0.4, 0.5) is 0 Å². The summed E-state index contributed by atoms with van der Waals surface area (Å²) in [6.07, 6.45) is 4.62. The minimum absolute atomic E-state index is 0.0582. The van der Waals surface area contributed by atoms with Crippen molar-refractivity contribution in [2.45, 2.75) is 37.8 Å². The lowest BCUT2D eigenvalue weighted by Crippen LogP contribution is -2.07. The molecule has 0 N–H and O–H groups in total. The second kappa shape index (κ2) is 8.12. The van der Waals surface area contributed by atoms with Gasteiger partial charge in [-0.05, 0) is 56.4 Å². The van der Waals surface area contributed by atoms with Crippen LogP contribution in [-0.4, -0.2) is 45.3 Å². The number of carbonyl (C=O) groups excluding carboxylic acids is 1. The smallest absolute Gasteiger partial charge is 0.197 e. The lowest BCUT2D eigenvalue weighted by atomic mass is 9.97. The van der Waals surface area contributed by atoms with Crippen LogP contribution in [0, 0.1) is 6.92 Å². The Balaban J connectivity index is 1.49. The third-order valence-corrected chi connectivity index (χ3v) is 7.75. The molecule has 1 aliphatic rings. The Kier molecular flexibility index (Phi) is 5.31. The minimum Gasteiger partial charge on any atom is -0.497 e. The molecule has 3 aromatic heterocycles. The molecule has 1 aromatic carbocycles. The van der Waals surface area contributed by atoms with Gasteiger partial charge in [-0.25, -0.2) is 4.98 Å². The highest BCUT2D eigenvalue weighted by Gasteiger charge is 2.23. The molecule has 9 heteroatoms. The second-order valence-electron chi connectivity index (χ2n) is 7.47. The van der Waals surface area contributed by atoms with Crippen molar-refractivity contribution < 1.29 is 14.3 Å². The van der Waals surface area contributed by atoms with Crippen LogP contribution in [0.5, 0.6) is 11.5 Å². The Morgan fingerprint density at radius 3 is 2.84 bits per heavy atom. The van der Waals surface area contributed by atoms with Crippen LogP contribution in [0.3, 0.4) is 0 Å². The van der Waals surface area contributed by atoms with Crippen molar-refractivity contribution in [3.8, 4) is 11.5 Å². The highest BCUT2D eigenvalue weighted by Crippen LogP contribution is 2.38. The topological polar surface area (TPSA) is 78.6 Å².